The zero-order chi connectivity index (χ0) is 11.9. The molecule has 1 aromatic carbocycles. The molecule has 0 aliphatic carbocycles. The van der Waals surface area contributed by atoms with Crippen LogP contribution < -0.4 is 0 Å². The van der Waals surface area contributed by atoms with Gasteiger partial charge in [-0.1, -0.05) is 11.6 Å². The fourth-order valence-corrected chi connectivity index (χ4v) is 1.48. The molecule has 82 valence electrons. The summed E-state index contributed by atoms with van der Waals surface area (Å²) < 4.78 is 39.0. The van der Waals surface area contributed by atoms with Crippen LogP contribution in [0.3, 0.4) is 0 Å². The largest absolute Gasteiger partial charge is 0.298 e. The standard InChI is InChI=1S/C10H3ClF3NO/c11-10-4(3-16)1-5-7(15-10)2-6(12)9(14)8(5)13/h1-3H. The van der Waals surface area contributed by atoms with Gasteiger partial charge in [0.2, 0.25) is 0 Å². The van der Waals surface area contributed by atoms with E-state index in [9.17, 15) is 18.0 Å². The molecule has 0 unspecified atom stereocenters. The molecule has 0 aliphatic rings. The SMILES string of the molecule is O=Cc1cc2c(F)c(F)c(F)cc2nc1Cl. The highest BCUT2D eigenvalue weighted by atomic mass is 35.5. The summed E-state index contributed by atoms with van der Waals surface area (Å²) in [6.07, 6.45) is 0.357. The molecule has 16 heavy (non-hydrogen) atoms. The first-order chi connectivity index (χ1) is 7.54. The zero-order valence-corrected chi connectivity index (χ0v) is 8.36. The molecule has 0 N–H and O–H groups in total. The number of aromatic nitrogens is 1. The van der Waals surface area contributed by atoms with Gasteiger partial charge >= 0.3 is 0 Å². The van der Waals surface area contributed by atoms with Crippen molar-refractivity contribution in [3.05, 3.63) is 40.3 Å². The normalized spacial score (nSPS) is 10.8. The molecule has 6 heteroatoms. The Hall–Kier alpha value is -1.62. The first kappa shape index (κ1) is 10.9. The second-order valence-corrected chi connectivity index (χ2v) is 3.40. The number of rotatable bonds is 1. The third-order valence-corrected chi connectivity index (χ3v) is 2.36. The number of carbonyl (C=O) groups excluding carboxylic acids is 1. The Morgan fingerprint density at radius 1 is 1.19 bits per heavy atom. The minimum absolute atomic E-state index is 0.0842. The second-order valence-electron chi connectivity index (χ2n) is 3.04. The first-order valence-electron chi connectivity index (χ1n) is 4.13. The van der Waals surface area contributed by atoms with Crippen LogP contribution >= 0.6 is 11.6 Å². The Kier molecular flexibility index (Phi) is 2.55. The molecule has 0 atom stereocenters. The zero-order valence-electron chi connectivity index (χ0n) is 7.60. The molecular weight excluding hydrogens is 243 g/mol. The van der Waals surface area contributed by atoms with Crippen molar-refractivity contribution in [3.63, 3.8) is 0 Å². The Bertz CT molecular complexity index is 600. The monoisotopic (exact) mass is 245 g/mol. The third kappa shape index (κ3) is 1.53. The second kappa shape index (κ2) is 3.75. The van der Waals surface area contributed by atoms with Crippen LogP contribution in [0.1, 0.15) is 10.4 Å². The molecule has 0 fully saturated rings. The van der Waals surface area contributed by atoms with E-state index in [0.29, 0.717) is 12.4 Å². The van der Waals surface area contributed by atoms with Crippen LogP contribution in [0.25, 0.3) is 10.9 Å². The molecule has 2 rings (SSSR count). The highest BCUT2D eigenvalue weighted by molar-refractivity contribution is 6.32. The minimum atomic E-state index is -1.60. The van der Waals surface area contributed by atoms with E-state index in [1.807, 2.05) is 0 Å². The van der Waals surface area contributed by atoms with Gasteiger partial charge < -0.3 is 0 Å². The summed E-state index contributed by atoms with van der Waals surface area (Å²) in [4.78, 5) is 14.1. The lowest BCUT2D eigenvalue weighted by atomic mass is 10.1. The minimum Gasteiger partial charge on any atom is -0.298 e. The molecule has 0 bridgehead atoms. The molecule has 0 saturated carbocycles. The summed E-state index contributed by atoms with van der Waals surface area (Å²) in [5.74, 6) is -4.34. The van der Waals surface area contributed by atoms with Gasteiger partial charge in [-0.3, -0.25) is 4.79 Å². The lowest BCUT2D eigenvalue weighted by Gasteiger charge is -2.03. The van der Waals surface area contributed by atoms with E-state index in [4.69, 9.17) is 11.6 Å². The molecule has 0 radical (unpaired) electrons. The molecule has 1 heterocycles. The van der Waals surface area contributed by atoms with E-state index in [2.05, 4.69) is 4.98 Å². The summed E-state index contributed by atoms with van der Waals surface area (Å²) >= 11 is 5.57. The van der Waals surface area contributed by atoms with Crippen molar-refractivity contribution in [2.75, 3.05) is 0 Å². The maximum absolute atomic E-state index is 13.3. The Morgan fingerprint density at radius 2 is 1.88 bits per heavy atom. The summed E-state index contributed by atoms with van der Waals surface area (Å²) in [6.45, 7) is 0. The number of halogens is 4. The van der Waals surface area contributed by atoms with Gasteiger partial charge in [0.1, 0.15) is 5.15 Å². The number of fused-ring (bicyclic) bond motifs is 1. The topological polar surface area (TPSA) is 30.0 Å². The number of carbonyl (C=O) groups is 1. The Balaban J connectivity index is 2.92. The quantitative estimate of drug-likeness (QED) is 0.439. The fraction of sp³-hybridized carbons (Fsp3) is 0. The van der Waals surface area contributed by atoms with Crippen molar-refractivity contribution >= 4 is 28.8 Å². The summed E-state index contributed by atoms with van der Waals surface area (Å²) in [5, 5.41) is -0.474. The number of nitrogens with zero attached hydrogens (tertiary/aromatic N) is 1. The van der Waals surface area contributed by atoms with Gasteiger partial charge in [0.15, 0.2) is 23.7 Å². The number of hydrogen-bond donors (Lipinski definition) is 0. The van der Waals surface area contributed by atoms with Crippen molar-refractivity contribution in [2.24, 2.45) is 0 Å². The van der Waals surface area contributed by atoms with Gasteiger partial charge in [-0.15, -0.1) is 0 Å². The van der Waals surface area contributed by atoms with Crippen LogP contribution in [-0.4, -0.2) is 11.3 Å². The number of pyridine rings is 1. The number of hydrogen-bond acceptors (Lipinski definition) is 2. The summed E-state index contributed by atoms with van der Waals surface area (Å²) in [7, 11) is 0. The van der Waals surface area contributed by atoms with E-state index in [1.165, 1.54) is 0 Å². The maximum atomic E-state index is 13.3. The van der Waals surface area contributed by atoms with Gasteiger partial charge in [-0.2, -0.15) is 0 Å². The van der Waals surface area contributed by atoms with Crippen molar-refractivity contribution in [2.45, 2.75) is 0 Å². The van der Waals surface area contributed by atoms with Gasteiger partial charge in [0, 0.05) is 11.5 Å². The van der Waals surface area contributed by atoms with Gasteiger partial charge in [-0.05, 0) is 6.07 Å². The number of aldehydes is 1. The molecule has 2 aromatic rings. The Labute approximate surface area is 92.7 Å². The average Bonchev–Trinajstić information content (AvgIpc) is 2.26. The first-order valence-corrected chi connectivity index (χ1v) is 4.51. The van der Waals surface area contributed by atoms with Crippen molar-refractivity contribution < 1.29 is 18.0 Å². The van der Waals surface area contributed by atoms with E-state index < -0.39 is 17.5 Å². The fourth-order valence-electron chi connectivity index (χ4n) is 1.29. The van der Waals surface area contributed by atoms with Crippen molar-refractivity contribution in [3.8, 4) is 0 Å². The van der Waals surface area contributed by atoms with Crippen LogP contribution in [0.4, 0.5) is 13.2 Å². The predicted molar refractivity (Wildman–Crippen MR) is 52.0 cm³/mol. The van der Waals surface area contributed by atoms with Gasteiger partial charge in [0.25, 0.3) is 0 Å². The van der Waals surface area contributed by atoms with E-state index >= 15 is 0 Å². The van der Waals surface area contributed by atoms with Crippen LogP contribution in [0.5, 0.6) is 0 Å². The van der Waals surface area contributed by atoms with E-state index in [0.717, 1.165) is 6.07 Å². The highest BCUT2D eigenvalue weighted by Gasteiger charge is 2.16. The summed E-state index contributed by atoms with van der Waals surface area (Å²) in [6, 6.07) is 1.74. The molecule has 0 saturated heterocycles. The van der Waals surface area contributed by atoms with Crippen molar-refractivity contribution in [1.29, 1.82) is 0 Å². The third-order valence-electron chi connectivity index (χ3n) is 2.06. The Morgan fingerprint density at radius 3 is 2.50 bits per heavy atom. The number of benzene rings is 1. The molecule has 2 nitrogen and oxygen atoms in total. The maximum Gasteiger partial charge on any atom is 0.195 e. The average molecular weight is 246 g/mol. The predicted octanol–water partition coefficient (Wildman–Crippen LogP) is 3.12. The van der Waals surface area contributed by atoms with Gasteiger partial charge in [-0.25, -0.2) is 18.2 Å². The van der Waals surface area contributed by atoms with Crippen LogP contribution in [0, 0.1) is 17.5 Å². The molecule has 0 amide bonds. The van der Waals surface area contributed by atoms with Gasteiger partial charge in [0.05, 0.1) is 11.1 Å². The lowest BCUT2D eigenvalue weighted by Crippen LogP contribution is -1.96. The van der Waals surface area contributed by atoms with E-state index in [1.54, 1.807) is 0 Å². The van der Waals surface area contributed by atoms with Crippen LogP contribution in [0.2, 0.25) is 5.15 Å². The molecule has 0 spiro atoms. The molecular formula is C10H3ClF3NO. The van der Waals surface area contributed by atoms with E-state index in [-0.39, 0.29) is 21.6 Å². The van der Waals surface area contributed by atoms with Crippen molar-refractivity contribution in [1.82, 2.24) is 4.98 Å². The lowest BCUT2D eigenvalue weighted by molar-refractivity contribution is 0.112. The van der Waals surface area contributed by atoms with Crippen LogP contribution in [-0.2, 0) is 0 Å². The van der Waals surface area contributed by atoms with Crippen LogP contribution in [0.15, 0.2) is 12.1 Å². The summed E-state index contributed by atoms with van der Waals surface area (Å²) in [5.41, 5.74) is -0.230. The smallest absolute Gasteiger partial charge is 0.195 e. The highest BCUT2D eigenvalue weighted by Crippen LogP contribution is 2.25. The molecule has 1 aromatic heterocycles. The molecule has 0 aliphatic heterocycles.